The van der Waals surface area contributed by atoms with Crippen molar-refractivity contribution in [2.24, 2.45) is 0 Å². The first-order valence-electron chi connectivity index (χ1n) is 3.64. The van der Waals surface area contributed by atoms with Crippen molar-refractivity contribution in [3.63, 3.8) is 0 Å². The van der Waals surface area contributed by atoms with E-state index in [2.05, 4.69) is 6.58 Å². The Bertz CT molecular complexity index is 197. The molecule has 0 N–H and O–H groups in total. The molecule has 0 atom stereocenters. The highest BCUT2D eigenvalue weighted by molar-refractivity contribution is 5.78. The zero-order valence-corrected chi connectivity index (χ0v) is 7.13. The molecule has 0 aliphatic rings. The van der Waals surface area contributed by atoms with Crippen LogP contribution in [0.25, 0.3) is 0 Å². The van der Waals surface area contributed by atoms with Gasteiger partial charge in [-0.15, -0.1) is 0 Å². The molecule has 0 saturated heterocycles. The molecule has 11 heavy (non-hydrogen) atoms. The standard InChI is InChI=1S/C10H14O/c1-4-6-7-10(5-2)8-9(3)11/h4-7H,1,8H2,2-3H3/b7-6-,10-5+. The maximum Gasteiger partial charge on any atom is 0.134 e. The number of carbonyl (C=O) groups excluding carboxylic acids is 1. The van der Waals surface area contributed by atoms with Crippen LogP contribution in [0.5, 0.6) is 0 Å². The molecule has 0 aromatic carbocycles. The second-order valence-corrected chi connectivity index (χ2v) is 2.34. The van der Waals surface area contributed by atoms with E-state index < -0.39 is 0 Å². The second kappa shape index (κ2) is 5.66. The molecule has 1 heteroatoms. The van der Waals surface area contributed by atoms with Crippen molar-refractivity contribution in [3.05, 3.63) is 36.5 Å². The zero-order valence-electron chi connectivity index (χ0n) is 7.13. The Hall–Kier alpha value is -1.11. The lowest BCUT2D eigenvalue weighted by Crippen LogP contribution is -1.90. The molecular weight excluding hydrogens is 136 g/mol. The lowest BCUT2D eigenvalue weighted by molar-refractivity contribution is -0.116. The third kappa shape index (κ3) is 5.34. The summed E-state index contributed by atoms with van der Waals surface area (Å²) in [6.07, 6.45) is 7.87. The second-order valence-electron chi connectivity index (χ2n) is 2.34. The molecule has 0 aromatic rings. The number of hydrogen-bond donors (Lipinski definition) is 0. The van der Waals surface area contributed by atoms with Crippen molar-refractivity contribution < 1.29 is 4.79 Å². The van der Waals surface area contributed by atoms with Gasteiger partial charge in [0, 0.05) is 6.42 Å². The summed E-state index contributed by atoms with van der Waals surface area (Å²) >= 11 is 0. The van der Waals surface area contributed by atoms with Gasteiger partial charge in [0.25, 0.3) is 0 Å². The number of rotatable bonds is 4. The molecule has 1 nitrogen and oxygen atoms in total. The summed E-state index contributed by atoms with van der Waals surface area (Å²) in [6.45, 7) is 7.06. The topological polar surface area (TPSA) is 17.1 Å². The van der Waals surface area contributed by atoms with Crippen LogP contribution in [-0.2, 0) is 4.79 Å². The van der Waals surface area contributed by atoms with Gasteiger partial charge in [-0.2, -0.15) is 0 Å². The summed E-state index contributed by atoms with van der Waals surface area (Å²) in [5.74, 6) is 0.187. The van der Waals surface area contributed by atoms with Gasteiger partial charge in [-0.3, -0.25) is 4.79 Å². The number of Topliss-reactive ketones (excluding diaryl/α,β-unsaturated/α-hetero) is 1. The first kappa shape index (κ1) is 9.89. The summed E-state index contributed by atoms with van der Waals surface area (Å²) < 4.78 is 0. The van der Waals surface area contributed by atoms with Gasteiger partial charge in [0.05, 0.1) is 0 Å². The first-order chi connectivity index (χ1) is 5.20. The predicted molar refractivity (Wildman–Crippen MR) is 48.4 cm³/mol. The van der Waals surface area contributed by atoms with Crippen LogP contribution < -0.4 is 0 Å². The van der Waals surface area contributed by atoms with Gasteiger partial charge < -0.3 is 0 Å². The summed E-state index contributed by atoms with van der Waals surface area (Å²) in [5, 5.41) is 0. The maximum atomic E-state index is 10.7. The van der Waals surface area contributed by atoms with Gasteiger partial charge in [0.2, 0.25) is 0 Å². The Morgan fingerprint density at radius 1 is 1.55 bits per heavy atom. The Labute approximate surface area is 68.1 Å². The van der Waals surface area contributed by atoms with E-state index in [9.17, 15) is 4.79 Å². The van der Waals surface area contributed by atoms with Gasteiger partial charge in [0.15, 0.2) is 0 Å². The lowest BCUT2D eigenvalue weighted by Gasteiger charge is -1.94. The Morgan fingerprint density at radius 2 is 2.18 bits per heavy atom. The minimum absolute atomic E-state index is 0.187. The molecule has 0 bridgehead atoms. The van der Waals surface area contributed by atoms with Crippen molar-refractivity contribution in [1.29, 1.82) is 0 Å². The van der Waals surface area contributed by atoms with Crippen LogP contribution in [0, 0.1) is 0 Å². The Balaban J connectivity index is 4.08. The fourth-order valence-electron chi connectivity index (χ4n) is 0.736. The molecule has 0 unspecified atom stereocenters. The molecule has 0 saturated carbocycles. The summed E-state index contributed by atoms with van der Waals surface area (Å²) in [5.41, 5.74) is 1.04. The van der Waals surface area contributed by atoms with Gasteiger partial charge in [-0.25, -0.2) is 0 Å². The predicted octanol–water partition coefficient (Wildman–Crippen LogP) is 2.65. The average Bonchev–Trinajstić information content (AvgIpc) is 1.97. The Morgan fingerprint density at radius 3 is 2.55 bits per heavy atom. The third-order valence-electron chi connectivity index (χ3n) is 1.27. The van der Waals surface area contributed by atoms with Crippen molar-refractivity contribution >= 4 is 5.78 Å². The first-order valence-corrected chi connectivity index (χ1v) is 3.64. The third-order valence-corrected chi connectivity index (χ3v) is 1.27. The number of allylic oxidation sites excluding steroid dienone is 5. The maximum absolute atomic E-state index is 10.7. The minimum atomic E-state index is 0.187. The molecule has 0 fully saturated rings. The van der Waals surface area contributed by atoms with Crippen molar-refractivity contribution in [2.75, 3.05) is 0 Å². The van der Waals surface area contributed by atoms with E-state index in [0.717, 1.165) is 5.57 Å². The monoisotopic (exact) mass is 150 g/mol. The van der Waals surface area contributed by atoms with Crippen molar-refractivity contribution in [3.8, 4) is 0 Å². The van der Waals surface area contributed by atoms with Crippen LogP contribution in [0.1, 0.15) is 20.3 Å². The van der Waals surface area contributed by atoms with E-state index in [1.165, 1.54) is 0 Å². The largest absolute Gasteiger partial charge is 0.300 e. The lowest BCUT2D eigenvalue weighted by atomic mass is 10.1. The van der Waals surface area contributed by atoms with E-state index in [-0.39, 0.29) is 5.78 Å². The SMILES string of the molecule is C=C/C=C\C(=C/C)CC(C)=O. The highest BCUT2D eigenvalue weighted by atomic mass is 16.1. The molecule has 60 valence electrons. The van der Waals surface area contributed by atoms with Crippen LogP contribution in [0.2, 0.25) is 0 Å². The van der Waals surface area contributed by atoms with Crippen LogP contribution in [0.3, 0.4) is 0 Å². The van der Waals surface area contributed by atoms with E-state index in [1.54, 1.807) is 13.0 Å². The molecule has 0 aliphatic carbocycles. The Kier molecular flexibility index (Phi) is 5.09. The van der Waals surface area contributed by atoms with Gasteiger partial charge in [0.1, 0.15) is 5.78 Å². The molecule has 0 amide bonds. The van der Waals surface area contributed by atoms with E-state index >= 15 is 0 Å². The van der Waals surface area contributed by atoms with Gasteiger partial charge in [-0.1, -0.05) is 30.9 Å². The van der Waals surface area contributed by atoms with Gasteiger partial charge in [-0.05, 0) is 19.4 Å². The normalized spacial score (nSPS) is 12.0. The van der Waals surface area contributed by atoms with E-state index in [1.807, 2.05) is 25.2 Å². The van der Waals surface area contributed by atoms with Crippen LogP contribution in [0.4, 0.5) is 0 Å². The molecular formula is C10H14O. The van der Waals surface area contributed by atoms with Crippen LogP contribution >= 0.6 is 0 Å². The molecule has 0 heterocycles. The summed E-state index contributed by atoms with van der Waals surface area (Å²) in [7, 11) is 0. The highest BCUT2D eigenvalue weighted by Gasteiger charge is 1.94. The fraction of sp³-hybridized carbons (Fsp3) is 0.300. The van der Waals surface area contributed by atoms with Crippen molar-refractivity contribution in [2.45, 2.75) is 20.3 Å². The van der Waals surface area contributed by atoms with E-state index in [0.29, 0.717) is 6.42 Å². The number of carbonyl (C=O) groups is 1. The molecule has 0 aliphatic heterocycles. The average molecular weight is 150 g/mol. The molecule has 0 aromatic heterocycles. The van der Waals surface area contributed by atoms with Gasteiger partial charge >= 0.3 is 0 Å². The highest BCUT2D eigenvalue weighted by Crippen LogP contribution is 2.03. The van der Waals surface area contributed by atoms with E-state index in [4.69, 9.17) is 0 Å². The summed E-state index contributed by atoms with van der Waals surface area (Å²) in [6, 6.07) is 0. The summed E-state index contributed by atoms with van der Waals surface area (Å²) in [4.78, 5) is 10.7. The van der Waals surface area contributed by atoms with Crippen molar-refractivity contribution in [1.82, 2.24) is 0 Å². The smallest absolute Gasteiger partial charge is 0.134 e. The van der Waals surface area contributed by atoms with Crippen LogP contribution in [0.15, 0.2) is 36.5 Å². The number of hydrogen-bond acceptors (Lipinski definition) is 1. The zero-order chi connectivity index (χ0) is 8.69. The fourth-order valence-corrected chi connectivity index (χ4v) is 0.736. The molecule has 0 spiro atoms. The molecule has 0 radical (unpaired) electrons. The minimum Gasteiger partial charge on any atom is -0.300 e. The van der Waals surface area contributed by atoms with Crippen LogP contribution in [-0.4, -0.2) is 5.78 Å². The quantitative estimate of drug-likeness (QED) is 0.563. The molecule has 0 rings (SSSR count). The number of ketones is 1.